The molecular weight excluding hydrogens is 372 g/mol. The van der Waals surface area contributed by atoms with Gasteiger partial charge in [-0.25, -0.2) is 9.67 Å². The fourth-order valence-electron chi connectivity index (χ4n) is 2.67. The average molecular weight is 390 g/mol. The van der Waals surface area contributed by atoms with E-state index in [9.17, 15) is 4.79 Å². The highest BCUT2D eigenvalue weighted by Crippen LogP contribution is 2.25. The minimum absolute atomic E-state index is 0.201. The van der Waals surface area contributed by atoms with Gasteiger partial charge in [0.1, 0.15) is 12.4 Å². The maximum absolute atomic E-state index is 12.7. The normalized spacial score (nSPS) is 10.6. The van der Waals surface area contributed by atoms with Gasteiger partial charge in [-0.15, -0.1) is 11.3 Å². The van der Waals surface area contributed by atoms with Gasteiger partial charge in [-0.1, -0.05) is 12.1 Å². The van der Waals surface area contributed by atoms with E-state index >= 15 is 0 Å². The van der Waals surface area contributed by atoms with Crippen molar-refractivity contribution < 1.29 is 9.53 Å². The SMILES string of the molecule is Cc1cnn(-c2ccc(C(=O)Nc3ccccc3OCc3cscn3)cc2)c1. The smallest absolute Gasteiger partial charge is 0.255 e. The van der Waals surface area contributed by atoms with Gasteiger partial charge in [0.05, 0.1) is 28.8 Å². The zero-order valence-corrected chi connectivity index (χ0v) is 16.0. The van der Waals surface area contributed by atoms with Crippen LogP contribution in [0.4, 0.5) is 5.69 Å². The summed E-state index contributed by atoms with van der Waals surface area (Å²) >= 11 is 1.52. The molecule has 4 aromatic rings. The number of carbonyl (C=O) groups is 1. The van der Waals surface area contributed by atoms with Gasteiger partial charge in [0.25, 0.3) is 5.91 Å². The monoisotopic (exact) mass is 390 g/mol. The van der Waals surface area contributed by atoms with Crippen molar-refractivity contribution in [3.05, 3.63) is 88.6 Å². The molecule has 2 heterocycles. The summed E-state index contributed by atoms with van der Waals surface area (Å²) in [4.78, 5) is 16.9. The molecule has 140 valence electrons. The third-order valence-corrected chi connectivity index (χ3v) is 4.74. The van der Waals surface area contributed by atoms with Gasteiger partial charge in [-0.3, -0.25) is 4.79 Å². The van der Waals surface area contributed by atoms with Crippen LogP contribution >= 0.6 is 11.3 Å². The van der Waals surface area contributed by atoms with Crippen molar-refractivity contribution in [1.29, 1.82) is 0 Å². The maximum Gasteiger partial charge on any atom is 0.255 e. The van der Waals surface area contributed by atoms with Crippen LogP contribution in [0.2, 0.25) is 0 Å². The number of benzene rings is 2. The summed E-state index contributed by atoms with van der Waals surface area (Å²) in [6.45, 7) is 2.34. The molecule has 1 amide bonds. The number of thiazole rings is 1. The van der Waals surface area contributed by atoms with E-state index in [2.05, 4.69) is 15.4 Å². The van der Waals surface area contributed by atoms with Crippen LogP contribution in [0.1, 0.15) is 21.6 Å². The summed E-state index contributed by atoms with van der Waals surface area (Å²) in [5, 5.41) is 9.13. The van der Waals surface area contributed by atoms with Crippen molar-refractivity contribution in [3.63, 3.8) is 0 Å². The molecule has 0 unspecified atom stereocenters. The largest absolute Gasteiger partial charge is 0.485 e. The number of aromatic nitrogens is 3. The molecule has 4 rings (SSSR count). The number of carbonyl (C=O) groups excluding carboxylic acids is 1. The fourth-order valence-corrected chi connectivity index (χ4v) is 3.21. The fraction of sp³-hybridized carbons (Fsp3) is 0.0952. The van der Waals surface area contributed by atoms with Gasteiger partial charge in [0.2, 0.25) is 0 Å². The highest BCUT2D eigenvalue weighted by molar-refractivity contribution is 7.07. The summed E-state index contributed by atoms with van der Waals surface area (Å²) in [5.41, 5.74) is 5.78. The lowest BCUT2D eigenvalue weighted by Gasteiger charge is -2.12. The number of ether oxygens (including phenoxy) is 1. The van der Waals surface area contributed by atoms with Gasteiger partial charge in [-0.2, -0.15) is 5.10 Å². The molecule has 7 heteroatoms. The molecule has 0 radical (unpaired) electrons. The molecule has 6 nitrogen and oxygen atoms in total. The van der Waals surface area contributed by atoms with Gasteiger partial charge < -0.3 is 10.1 Å². The maximum atomic E-state index is 12.7. The molecule has 0 saturated heterocycles. The Labute approximate surface area is 166 Å². The van der Waals surface area contributed by atoms with Gasteiger partial charge in [0.15, 0.2) is 0 Å². The summed E-state index contributed by atoms with van der Waals surface area (Å²) in [6, 6.07) is 14.7. The van der Waals surface area contributed by atoms with E-state index in [0.29, 0.717) is 23.6 Å². The van der Waals surface area contributed by atoms with Gasteiger partial charge >= 0.3 is 0 Å². The van der Waals surface area contributed by atoms with Crippen LogP contribution in [-0.4, -0.2) is 20.7 Å². The highest BCUT2D eigenvalue weighted by Gasteiger charge is 2.11. The predicted molar refractivity (Wildman–Crippen MR) is 109 cm³/mol. The molecule has 1 N–H and O–H groups in total. The van der Waals surface area contributed by atoms with Crippen LogP contribution in [0.3, 0.4) is 0 Å². The van der Waals surface area contributed by atoms with Crippen LogP contribution < -0.4 is 10.1 Å². The van der Waals surface area contributed by atoms with E-state index in [1.165, 1.54) is 11.3 Å². The Balaban J connectivity index is 1.46. The molecule has 0 bridgehead atoms. The predicted octanol–water partition coefficient (Wildman–Crippen LogP) is 4.47. The number of nitrogens with one attached hydrogen (secondary N) is 1. The van der Waals surface area contributed by atoms with Crippen molar-refractivity contribution in [3.8, 4) is 11.4 Å². The van der Waals surface area contributed by atoms with Crippen LogP contribution in [0.25, 0.3) is 5.69 Å². The Hall–Kier alpha value is -3.45. The molecule has 2 aromatic carbocycles. The zero-order chi connectivity index (χ0) is 19.3. The highest BCUT2D eigenvalue weighted by atomic mass is 32.1. The lowest BCUT2D eigenvalue weighted by Crippen LogP contribution is -2.13. The number of para-hydroxylation sites is 2. The lowest BCUT2D eigenvalue weighted by atomic mass is 10.2. The Morgan fingerprint density at radius 1 is 1.18 bits per heavy atom. The second-order valence-corrected chi connectivity index (χ2v) is 6.95. The number of hydrogen-bond acceptors (Lipinski definition) is 5. The van der Waals surface area contributed by atoms with Crippen LogP contribution in [0.15, 0.2) is 71.8 Å². The summed E-state index contributed by atoms with van der Waals surface area (Å²) < 4.78 is 7.59. The molecule has 0 fully saturated rings. The molecular formula is C21H18N4O2S. The van der Waals surface area contributed by atoms with Gasteiger partial charge in [-0.05, 0) is 48.9 Å². The molecule has 0 spiro atoms. The third-order valence-electron chi connectivity index (χ3n) is 4.10. The molecule has 28 heavy (non-hydrogen) atoms. The topological polar surface area (TPSA) is 69.0 Å². The first-order valence-electron chi connectivity index (χ1n) is 8.71. The van der Waals surface area contributed by atoms with E-state index < -0.39 is 0 Å². The minimum Gasteiger partial charge on any atom is -0.485 e. The van der Waals surface area contributed by atoms with Crippen molar-refractivity contribution >= 4 is 22.9 Å². The number of amides is 1. The van der Waals surface area contributed by atoms with Crippen LogP contribution in [-0.2, 0) is 6.61 Å². The molecule has 0 aliphatic carbocycles. The Kier molecular flexibility index (Phi) is 5.16. The molecule has 0 aliphatic rings. The lowest BCUT2D eigenvalue weighted by molar-refractivity contribution is 0.102. The number of nitrogens with zero attached hydrogens (tertiary/aromatic N) is 3. The average Bonchev–Trinajstić information content (AvgIpc) is 3.39. The second kappa shape index (κ2) is 8.06. The van der Waals surface area contributed by atoms with Crippen molar-refractivity contribution in [2.45, 2.75) is 13.5 Å². The van der Waals surface area contributed by atoms with Gasteiger partial charge in [0, 0.05) is 17.1 Å². The van der Waals surface area contributed by atoms with Crippen molar-refractivity contribution in [2.24, 2.45) is 0 Å². The Bertz CT molecular complexity index is 1070. The number of rotatable bonds is 6. The Morgan fingerprint density at radius 2 is 2.00 bits per heavy atom. The number of anilines is 1. The first kappa shape index (κ1) is 17.9. The minimum atomic E-state index is -0.201. The standard InChI is InChI=1S/C21H18N4O2S/c1-15-10-23-25(11-15)18-8-6-16(7-9-18)21(26)24-19-4-2-3-5-20(19)27-12-17-13-28-14-22-17/h2-11,13-14H,12H2,1H3,(H,24,26). The van der Waals surface area contributed by atoms with Crippen molar-refractivity contribution in [1.82, 2.24) is 14.8 Å². The van der Waals surface area contributed by atoms with E-state index in [1.807, 2.05) is 54.9 Å². The van der Waals surface area contributed by atoms with Crippen LogP contribution in [0.5, 0.6) is 5.75 Å². The molecule has 2 aromatic heterocycles. The Morgan fingerprint density at radius 3 is 2.71 bits per heavy atom. The third kappa shape index (κ3) is 4.10. The van der Waals surface area contributed by atoms with Crippen molar-refractivity contribution in [2.75, 3.05) is 5.32 Å². The van der Waals surface area contributed by atoms with E-state index in [1.54, 1.807) is 28.5 Å². The quantitative estimate of drug-likeness (QED) is 0.527. The number of aryl methyl sites for hydroxylation is 1. The second-order valence-electron chi connectivity index (χ2n) is 6.23. The first-order valence-corrected chi connectivity index (χ1v) is 9.65. The summed E-state index contributed by atoms with van der Waals surface area (Å²) in [7, 11) is 0. The number of hydrogen-bond donors (Lipinski definition) is 1. The van der Waals surface area contributed by atoms with E-state index in [-0.39, 0.29) is 5.91 Å². The van der Waals surface area contributed by atoms with E-state index in [0.717, 1.165) is 16.9 Å². The summed E-state index contributed by atoms with van der Waals surface area (Å²) in [6.07, 6.45) is 3.73. The molecule has 0 aliphatic heterocycles. The summed E-state index contributed by atoms with van der Waals surface area (Å²) in [5.74, 6) is 0.403. The first-order chi connectivity index (χ1) is 13.7. The van der Waals surface area contributed by atoms with Crippen LogP contribution in [0, 0.1) is 6.92 Å². The molecule has 0 saturated carbocycles. The van der Waals surface area contributed by atoms with E-state index in [4.69, 9.17) is 4.74 Å². The molecule has 0 atom stereocenters. The zero-order valence-electron chi connectivity index (χ0n) is 15.2.